The van der Waals surface area contributed by atoms with Crippen LogP contribution in [0.25, 0.3) is 10.2 Å². The van der Waals surface area contributed by atoms with E-state index in [0.717, 1.165) is 23.1 Å². The first-order valence-electron chi connectivity index (χ1n) is 4.91. The molecule has 0 radical (unpaired) electrons. The fourth-order valence-electron chi connectivity index (χ4n) is 1.79. The summed E-state index contributed by atoms with van der Waals surface area (Å²) in [6.07, 6.45) is 2.17. The summed E-state index contributed by atoms with van der Waals surface area (Å²) >= 11 is 7.55. The number of thiophene rings is 1. The molecule has 0 aliphatic heterocycles. The molecule has 0 bridgehead atoms. The van der Waals surface area contributed by atoms with Gasteiger partial charge in [0.2, 0.25) is 0 Å². The van der Waals surface area contributed by atoms with E-state index >= 15 is 0 Å². The summed E-state index contributed by atoms with van der Waals surface area (Å²) in [4.78, 5) is 5.51. The number of hydrogen-bond donors (Lipinski definition) is 1. The molecule has 78 valence electrons. The largest absolute Gasteiger partial charge is 0.395 e. The van der Waals surface area contributed by atoms with Crippen LogP contribution in [-0.2, 0) is 5.41 Å². The molecule has 1 fully saturated rings. The number of fused-ring (bicyclic) bond motifs is 1. The van der Waals surface area contributed by atoms with Gasteiger partial charge in [-0.15, -0.1) is 11.3 Å². The minimum Gasteiger partial charge on any atom is -0.395 e. The summed E-state index contributed by atoms with van der Waals surface area (Å²) in [7, 11) is 0. The van der Waals surface area contributed by atoms with Crippen molar-refractivity contribution in [2.45, 2.75) is 18.3 Å². The maximum Gasteiger partial charge on any atom is 0.129 e. The van der Waals surface area contributed by atoms with E-state index < -0.39 is 0 Å². The van der Waals surface area contributed by atoms with Crippen molar-refractivity contribution in [3.8, 4) is 0 Å². The van der Waals surface area contributed by atoms with Gasteiger partial charge >= 0.3 is 0 Å². The van der Waals surface area contributed by atoms with Gasteiger partial charge in [-0.25, -0.2) is 4.98 Å². The highest BCUT2D eigenvalue weighted by Crippen LogP contribution is 2.51. The van der Waals surface area contributed by atoms with Crippen LogP contribution in [0.2, 0.25) is 5.15 Å². The van der Waals surface area contributed by atoms with Crippen LogP contribution in [0.1, 0.15) is 17.7 Å². The molecule has 2 aromatic rings. The van der Waals surface area contributed by atoms with E-state index in [4.69, 9.17) is 11.6 Å². The van der Waals surface area contributed by atoms with Crippen LogP contribution in [0.4, 0.5) is 0 Å². The number of rotatable bonds is 2. The molecule has 0 aromatic carbocycles. The zero-order chi connectivity index (χ0) is 10.5. The minimum absolute atomic E-state index is 0.0395. The molecule has 2 nitrogen and oxygen atoms in total. The normalized spacial score (nSPS) is 18.3. The lowest BCUT2D eigenvalue weighted by molar-refractivity contribution is 0.257. The average Bonchev–Trinajstić information content (AvgIpc) is 2.93. The molecule has 0 saturated heterocycles. The van der Waals surface area contributed by atoms with Crippen molar-refractivity contribution < 1.29 is 5.11 Å². The molecule has 1 saturated carbocycles. The Morgan fingerprint density at radius 1 is 1.47 bits per heavy atom. The topological polar surface area (TPSA) is 33.1 Å². The third kappa shape index (κ3) is 1.46. The fraction of sp³-hybridized carbons (Fsp3) is 0.364. The van der Waals surface area contributed by atoms with Gasteiger partial charge in [0.15, 0.2) is 0 Å². The monoisotopic (exact) mass is 239 g/mol. The van der Waals surface area contributed by atoms with Gasteiger partial charge in [0.25, 0.3) is 0 Å². The van der Waals surface area contributed by atoms with E-state index in [1.54, 1.807) is 11.3 Å². The minimum atomic E-state index is 0.0395. The van der Waals surface area contributed by atoms with Gasteiger partial charge in [-0.1, -0.05) is 11.6 Å². The summed E-state index contributed by atoms with van der Waals surface area (Å²) < 4.78 is 1.15. The van der Waals surface area contributed by atoms with E-state index in [9.17, 15) is 5.11 Å². The molecule has 0 atom stereocenters. The molecule has 2 aromatic heterocycles. The molecule has 0 spiro atoms. The third-order valence-corrected chi connectivity index (χ3v) is 4.56. The number of aliphatic hydroxyl groups is 1. The number of aliphatic hydroxyl groups excluding tert-OH is 1. The maximum atomic E-state index is 9.35. The van der Waals surface area contributed by atoms with Gasteiger partial charge in [0.1, 0.15) is 5.15 Å². The Labute approximate surface area is 96.5 Å². The van der Waals surface area contributed by atoms with Crippen LogP contribution in [0.3, 0.4) is 0 Å². The van der Waals surface area contributed by atoms with Crippen molar-refractivity contribution in [3.05, 3.63) is 28.2 Å². The molecule has 2 heterocycles. The second-order valence-electron chi connectivity index (χ2n) is 4.07. The highest BCUT2D eigenvalue weighted by atomic mass is 35.5. The van der Waals surface area contributed by atoms with Crippen molar-refractivity contribution in [1.82, 2.24) is 4.98 Å². The van der Waals surface area contributed by atoms with E-state index in [1.807, 2.05) is 12.1 Å². The van der Waals surface area contributed by atoms with Gasteiger partial charge in [0.05, 0.1) is 16.8 Å². The zero-order valence-electron chi connectivity index (χ0n) is 8.03. The second-order valence-corrected chi connectivity index (χ2v) is 5.54. The molecule has 15 heavy (non-hydrogen) atoms. The number of pyridine rings is 1. The molecule has 1 aliphatic carbocycles. The van der Waals surface area contributed by atoms with Crippen molar-refractivity contribution in [2.24, 2.45) is 0 Å². The Kier molecular flexibility index (Phi) is 2.03. The number of aromatic nitrogens is 1. The Balaban J connectivity index is 2.14. The number of nitrogens with zero attached hydrogens (tertiary/aromatic N) is 1. The summed E-state index contributed by atoms with van der Waals surface area (Å²) in [6.45, 7) is 0.244. The van der Waals surface area contributed by atoms with Crippen LogP contribution >= 0.6 is 22.9 Å². The standard InChI is InChI=1S/C11H10ClNOS/c12-10-2-1-8-7(13-10)5-9(15-8)11(6-14)3-4-11/h1-2,5,14H,3-4,6H2. The predicted octanol–water partition coefficient (Wildman–Crippen LogP) is 2.97. The molecular weight excluding hydrogens is 230 g/mol. The quantitative estimate of drug-likeness (QED) is 0.818. The summed E-state index contributed by atoms with van der Waals surface area (Å²) in [5, 5.41) is 9.88. The predicted molar refractivity (Wildman–Crippen MR) is 62.6 cm³/mol. The van der Waals surface area contributed by atoms with E-state index in [0.29, 0.717) is 5.15 Å². The first-order chi connectivity index (χ1) is 7.23. The molecule has 3 rings (SSSR count). The lowest BCUT2D eigenvalue weighted by atomic mass is 10.1. The Bertz CT molecular complexity index is 518. The van der Waals surface area contributed by atoms with Gasteiger partial charge in [-0.3, -0.25) is 0 Å². The van der Waals surface area contributed by atoms with Crippen LogP contribution in [0.5, 0.6) is 0 Å². The molecule has 4 heteroatoms. The Morgan fingerprint density at radius 2 is 2.27 bits per heavy atom. The van der Waals surface area contributed by atoms with Crippen LogP contribution in [0.15, 0.2) is 18.2 Å². The lowest BCUT2D eigenvalue weighted by Gasteiger charge is -2.06. The summed E-state index contributed by atoms with van der Waals surface area (Å²) in [6, 6.07) is 5.87. The van der Waals surface area contributed by atoms with Crippen molar-refractivity contribution >= 4 is 33.2 Å². The molecule has 1 aliphatic rings. The van der Waals surface area contributed by atoms with Crippen LogP contribution in [-0.4, -0.2) is 16.7 Å². The molecule has 0 amide bonds. The number of hydrogen-bond acceptors (Lipinski definition) is 3. The third-order valence-electron chi connectivity index (χ3n) is 3.02. The molecule has 0 unspecified atom stereocenters. The van der Waals surface area contributed by atoms with Gasteiger partial charge in [0, 0.05) is 10.3 Å². The van der Waals surface area contributed by atoms with Crippen LogP contribution in [0, 0.1) is 0 Å². The highest BCUT2D eigenvalue weighted by molar-refractivity contribution is 7.19. The first-order valence-corrected chi connectivity index (χ1v) is 6.10. The van der Waals surface area contributed by atoms with E-state index in [2.05, 4.69) is 11.1 Å². The number of halogens is 1. The van der Waals surface area contributed by atoms with E-state index in [1.165, 1.54) is 4.88 Å². The zero-order valence-corrected chi connectivity index (χ0v) is 9.61. The SMILES string of the molecule is OCC1(c2cc3nc(Cl)ccc3s2)CC1. The second kappa shape index (κ2) is 3.17. The average molecular weight is 240 g/mol. The van der Waals surface area contributed by atoms with Crippen molar-refractivity contribution in [1.29, 1.82) is 0 Å². The lowest BCUT2D eigenvalue weighted by Crippen LogP contribution is -2.09. The summed E-state index contributed by atoms with van der Waals surface area (Å²) in [5.74, 6) is 0. The molecular formula is C11H10ClNOS. The van der Waals surface area contributed by atoms with Crippen molar-refractivity contribution in [3.63, 3.8) is 0 Å². The molecule has 1 N–H and O–H groups in total. The van der Waals surface area contributed by atoms with Crippen LogP contribution < -0.4 is 0 Å². The maximum absolute atomic E-state index is 9.35. The first kappa shape index (κ1) is 9.58. The van der Waals surface area contributed by atoms with Gasteiger partial charge in [-0.05, 0) is 31.0 Å². The highest BCUT2D eigenvalue weighted by Gasteiger charge is 2.45. The Hall–Kier alpha value is -0.640. The van der Waals surface area contributed by atoms with E-state index in [-0.39, 0.29) is 12.0 Å². The summed E-state index contributed by atoms with van der Waals surface area (Å²) in [5.41, 5.74) is 0.986. The van der Waals surface area contributed by atoms with Crippen molar-refractivity contribution in [2.75, 3.05) is 6.61 Å². The van der Waals surface area contributed by atoms with Gasteiger partial charge in [-0.2, -0.15) is 0 Å². The van der Waals surface area contributed by atoms with Gasteiger partial charge < -0.3 is 5.11 Å². The smallest absolute Gasteiger partial charge is 0.129 e. The Morgan fingerprint density at radius 3 is 2.93 bits per heavy atom. The fourth-order valence-corrected chi connectivity index (χ4v) is 3.19.